The molecule has 0 aromatic heterocycles. The van der Waals surface area contributed by atoms with Gasteiger partial charge in [0.1, 0.15) is 6.61 Å². The molecule has 0 aliphatic rings. The summed E-state index contributed by atoms with van der Waals surface area (Å²) in [6.45, 7) is 0.379. The predicted octanol–water partition coefficient (Wildman–Crippen LogP) is 2.98. The summed E-state index contributed by atoms with van der Waals surface area (Å²) in [4.78, 5) is 11.4. The second-order valence-corrected chi connectivity index (χ2v) is 3.72. The molecule has 76 valence electrons. The molecule has 0 spiro atoms. The van der Waals surface area contributed by atoms with E-state index in [4.69, 9.17) is 16.3 Å². The van der Waals surface area contributed by atoms with Crippen molar-refractivity contribution in [2.24, 2.45) is 0 Å². The Kier molecular flexibility index (Phi) is 4.98. The third-order valence-electron chi connectivity index (χ3n) is 1.63. The third-order valence-corrected chi connectivity index (χ3v) is 2.26. The van der Waals surface area contributed by atoms with Crippen molar-refractivity contribution >= 4 is 33.5 Å². The van der Waals surface area contributed by atoms with Crippen LogP contribution in [-0.4, -0.2) is 17.9 Å². The fourth-order valence-electron chi connectivity index (χ4n) is 0.996. The standard InChI is InChI=1S/C10H10BrClO2/c11-4-5-14-10(13)9-3-1-2-8(6-9)7-12/h1-3,6H,4-5,7H2. The Morgan fingerprint density at radius 3 is 2.93 bits per heavy atom. The van der Waals surface area contributed by atoms with Crippen molar-refractivity contribution in [3.63, 3.8) is 0 Å². The minimum absolute atomic E-state index is 0.309. The third kappa shape index (κ3) is 3.31. The Labute approximate surface area is 96.3 Å². The zero-order valence-electron chi connectivity index (χ0n) is 7.50. The SMILES string of the molecule is O=C(OCCBr)c1cccc(CCl)c1. The number of hydrogen-bond donors (Lipinski definition) is 0. The highest BCUT2D eigenvalue weighted by Crippen LogP contribution is 2.09. The van der Waals surface area contributed by atoms with Gasteiger partial charge in [0.25, 0.3) is 0 Å². The molecule has 0 saturated heterocycles. The van der Waals surface area contributed by atoms with E-state index in [2.05, 4.69) is 15.9 Å². The van der Waals surface area contributed by atoms with Gasteiger partial charge in [-0.05, 0) is 17.7 Å². The van der Waals surface area contributed by atoms with E-state index in [0.717, 1.165) is 5.56 Å². The van der Waals surface area contributed by atoms with Crippen molar-refractivity contribution in [2.45, 2.75) is 5.88 Å². The minimum Gasteiger partial charge on any atom is -0.461 e. The van der Waals surface area contributed by atoms with Crippen molar-refractivity contribution in [3.8, 4) is 0 Å². The molecule has 0 amide bonds. The topological polar surface area (TPSA) is 26.3 Å². The highest BCUT2D eigenvalue weighted by Gasteiger charge is 2.06. The van der Waals surface area contributed by atoms with Crippen LogP contribution in [0.15, 0.2) is 24.3 Å². The Morgan fingerprint density at radius 2 is 2.29 bits per heavy atom. The summed E-state index contributed by atoms with van der Waals surface area (Å²) >= 11 is 8.83. The maximum absolute atomic E-state index is 11.4. The van der Waals surface area contributed by atoms with E-state index in [9.17, 15) is 4.79 Å². The summed E-state index contributed by atoms with van der Waals surface area (Å²) in [7, 11) is 0. The van der Waals surface area contributed by atoms with E-state index in [-0.39, 0.29) is 5.97 Å². The first-order chi connectivity index (χ1) is 6.77. The number of alkyl halides is 2. The predicted molar refractivity (Wildman–Crippen MR) is 60.1 cm³/mol. The largest absolute Gasteiger partial charge is 0.461 e. The van der Waals surface area contributed by atoms with Gasteiger partial charge in [-0.15, -0.1) is 11.6 Å². The lowest BCUT2D eigenvalue weighted by Crippen LogP contribution is -2.07. The van der Waals surface area contributed by atoms with Gasteiger partial charge in [0.2, 0.25) is 0 Å². The van der Waals surface area contributed by atoms with Crippen LogP contribution in [0.4, 0.5) is 0 Å². The van der Waals surface area contributed by atoms with Crippen molar-refractivity contribution in [2.75, 3.05) is 11.9 Å². The van der Waals surface area contributed by atoms with E-state index in [1.165, 1.54) is 0 Å². The molecular weight excluding hydrogens is 267 g/mol. The van der Waals surface area contributed by atoms with Crippen LogP contribution in [0, 0.1) is 0 Å². The molecule has 4 heteroatoms. The van der Waals surface area contributed by atoms with Gasteiger partial charge in [0, 0.05) is 11.2 Å². The zero-order valence-corrected chi connectivity index (χ0v) is 9.85. The van der Waals surface area contributed by atoms with Gasteiger partial charge >= 0.3 is 5.97 Å². The Morgan fingerprint density at radius 1 is 1.50 bits per heavy atom. The van der Waals surface area contributed by atoms with Gasteiger partial charge in [-0.25, -0.2) is 4.79 Å². The molecule has 1 aromatic rings. The van der Waals surface area contributed by atoms with Crippen molar-refractivity contribution in [3.05, 3.63) is 35.4 Å². The van der Waals surface area contributed by atoms with E-state index >= 15 is 0 Å². The average molecular weight is 278 g/mol. The first-order valence-electron chi connectivity index (χ1n) is 4.16. The number of hydrogen-bond acceptors (Lipinski definition) is 2. The Balaban J connectivity index is 2.69. The summed E-state index contributed by atoms with van der Waals surface area (Å²) in [6, 6.07) is 7.12. The summed E-state index contributed by atoms with van der Waals surface area (Å²) in [5.74, 6) is 0.0935. The van der Waals surface area contributed by atoms with E-state index < -0.39 is 0 Å². The van der Waals surface area contributed by atoms with Gasteiger partial charge in [-0.1, -0.05) is 28.1 Å². The number of benzene rings is 1. The van der Waals surface area contributed by atoms with Crippen LogP contribution in [-0.2, 0) is 10.6 Å². The Bertz CT molecular complexity index is 315. The molecule has 0 atom stereocenters. The smallest absolute Gasteiger partial charge is 0.338 e. The van der Waals surface area contributed by atoms with Crippen LogP contribution < -0.4 is 0 Å². The molecule has 0 bridgehead atoms. The number of ether oxygens (including phenoxy) is 1. The molecule has 0 unspecified atom stereocenters. The molecule has 0 saturated carbocycles. The number of halogens is 2. The molecule has 0 fully saturated rings. The molecule has 0 aliphatic carbocycles. The van der Waals surface area contributed by atoms with Crippen LogP contribution in [0.25, 0.3) is 0 Å². The van der Waals surface area contributed by atoms with E-state index in [0.29, 0.717) is 23.4 Å². The summed E-state index contributed by atoms with van der Waals surface area (Å²) in [6.07, 6.45) is 0. The van der Waals surface area contributed by atoms with Crippen LogP contribution in [0.5, 0.6) is 0 Å². The average Bonchev–Trinajstić information content (AvgIpc) is 2.26. The summed E-state index contributed by atoms with van der Waals surface area (Å²) in [5, 5.41) is 0.647. The summed E-state index contributed by atoms with van der Waals surface area (Å²) in [5.41, 5.74) is 1.46. The number of carbonyl (C=O) groups is 1. The van der Waals surface area contributed by atoms with E-state index in [1.807, 2.05) is 6.07 Å². The molecule has 1 aromatic carbocycles. The quantitative estimate of drug-likeness (QED) is 0.625. The lowest BCUT2D eigenvalue weighted by Gasteiger charge is -2.03. The lowest BCUT2D eigenvalue weighted by molar-refractivity contribution is 0.0531. The van der Waals surface area contributed by atoms with Gasteiger partial charge in [-0.3, -0.25) is 0 Å². The van der Waals surface area contributed by atoms with Gasteiger partial charge in [0.05, 0.1) is 5.56 Å². The van der Waals surface area contributed by atoms with Gasteiger partial charge < -0.3 is 4.74 Å². The summed E-state index contributed by atoms with van der Waals surface area (Å²) < 4.78 is 4.95. The molecule has 0 heterocycles. The maximum atomic E-state index is 11.4. The molecule has 2 nitrogen and oxygen atoms in total. The Hall–Kier alpha value is -0.540. The van der Waals surface area contributed by atoms with Crippen molar-refractivity contribution in [1.82, 2.24) is 0 Å². The molecule has 0 radical (unpaired) electrons. The fourth-order valence-corrected chi connectivity index (χ4v) is 1.32. The highest BCUT2D eigenvalue weighted by molar-refractivity contribution is 9.09. The number of carbonyl (C=O) groups excluding carboxylic acids is 1. The molecule has 0 N–H and O–H groups in total. The highest BCUT2D eigenvalue weighted by atomic mass is 79.9. The first-order valence-corrected chi connectivity index (χ1v) is 5.81. The second-order valence-electron chi connectivity index (χ2n) is 2.66. The van der Waals surface area contributed by atoms with Crippen LogP contribution >= 0.6 is 27.5 Å². The van der Waals surface area contributed by atoms with Gasteiger partial charge in [0.15, 0.2) is 0 Å². The molecular formula is C10H10BrClO2. The second kappa shape index (κ2) is 6.04. The number of rotatable bonds is 4. The number of esters is 1. The zero-order chi connectivity index (χ0) is 10.4. The minimum atomic E-state index is -0.309. The van der Waals surface area contributed by atoms with Crippen LogP contribution in [0.3, 0.4) is 0 Å². The molecule has 14 heavy (non-hydrogen) atoms. The van der Waals surface area contributed by atoms with Crippen molar-refractivity contribution < 1.29 is 9.53 Å². The first kappa shape index (κ1) is 11.5. The van der Waals surface area contributed by atoms with E-state index in [1.54, 1.807) is 18.2 Å². The molecule has 0 aliphatic heterocycles. The monoisotopic (exact) mass is 276 g/mol. The lowest BCUT2D eigenvalue weighted by atomic mass is 10.1. The normalized spacial score (nSPS) is 9.86. The molecule has 1 rings (SSSR count). The van der Waals surface area contributed by atoms with Crippen LogP contribution in [0.1, 0.15) is 15.9 Å². The van der Waals surface area contributed by atoms with Gasteiger partial charge in [-0.2, -0.15) is 0 Å². The van der Waals surface area contributed by atoms with Crippen molar-refractivity contribution in [1.29, 1.82) is 0 Å². The fraction of sp³-hybridized carbons (Fsp3) is 0.300. The van der Waals surface area contributed by atoms with Crippen LogP contribution in [0.2, 0.25) is 0 Å². The maximum Gasteiger partial charge on any atom is 0.338 e.